The smallest absolute Gasteiger partial charge is 0.239 e. The second-order valence-electron chi connectivity index (χ2n) is 6.13. The van der Waals surface area contributed by atoms with Crippen LogP contribution in [0.15, 0.2) is 0 Å². The number of carbonyl (C=O) groups is 1. The summed E-state index contributed by atoms with van der Waals surface area (Å²) in [7, 11) is 2.13. The molecule has 2 unspecified atom stereocenters. The van der Waals surface area contributed by atoms with Crippen LogP contribution in [0.1, 0.15) is 39.5 Å². The van der Waals surface area contributed by atoms with Crippen LogP contribution in [-0.2, 0) is 4.79 Å². The molecular weight excluding hydrogens is 226 g/mol. The third kappa shape index (κ3) is 2.69. The van der Waals surface area contributed by atoms with Crippen LogP contribution in [-0.4, -0.2) is 42.5 Å². The zero-order valence-electron chi connectivity index (χ0n) is 11.9. The molecule has 104 valence electrons. The van der Waals surface area contributed by atoms with E-state index in [0.29, 0.717) is 12.0 Å². The first-order valence-corrected chi connectivity index (χ1v) is 7.26. The van der Waals surface area contributed by atoms with Crippen LogP contribution in [0, 0.1) is 11.8 Å². The standard InChI is InChI=1S/C14H27N3O/c1-4-16-14(13(15)18,12-7-8-12)9-17(3)10(2)11-5-6-11/h10-12,16H,4-9H2,1-3H3,(H2,15,18). The summed E-state index contributed by atoms with van der Waals surface area (Å²) in [6, 6.07) is 0.557. The summed E-state index contributed by atoms with van der Waals surface area (Å²) in [5, 5.41) is 3.39. The molecule has 1 amide bonds. The van der Waals surface area contributed by atoms with E-state index in [1.54, 1.807) is 0 Å². The molecule has 0 aromatic heterocycles. The number of primary amides is 1. The number of nitrogens with one attached hydrogen (secondary N) is 1. The number of hydrogen-bond donors (Lipinski definition) is 2. The Bertz CT molecular complexity index is 312. The van der Waals surface area contributed by atoms with Gasteiger partial charge in [-0.15, -0.1) is 0 Å². The van der Waals surface area contributed by atoms with Gasteiger partial charge in [-0.05, 0) is 58.0 Å². The second-order valence-corrected chi connectivity index (χ2v) is 6.13. The van der Waals surface area contributed by atoms with Crippen molar-refractivity contribution in [2.24, 2.45) is 17.6 Å². The van der Waals surface area contributed by atoms with Crippen molar-refractivity contribution >= 4 is 5.91 Å². The lowest BCUT2D eigenvalue weighted by molar-refractivity contribution is -0.126. The van der Waals surface area contributed by atoms with E-state index in [2.05, 4.69) is 24.2 Å². The average molecular weight is 253 g/mol. The Kier molecular flexibility index (Phi) is 3.97. The van der Waals surface area contributed by atoms with Crippen molar-refractivity contribution in [1.29, 1.82) is 0 Å². The van der Waals surface area contributed by atoms with E-state index < -0.39 is 5.54 Å². The number of nitrogens with two attached hydrogens (primary N) is 1. The highest BCUT2D eigenvalue weighted by Gasteiger charge is 2.50. The number of hydrogen-bond acceptors (Lipinski definition) is 3. The Morgan fingerprint density at radius 3 is 2.44 bits per heavy atom. The van der Waals surface area contributed by atoms with Crippen molar-refractivity contribution in [3.8, 4) is 0 Å². The summed E-state index contributed by atoms with van der Waals surface area (Å²) in [4.78, 5) is 14.3. The molecular formula is C14H27N3O. The molecule has 2 saturated carbocycles. The normalized spacial score (nSPS) is 24.9. The van der Waals surface area contributed by atoms with Crippen molar-refractivity contribution in [3.05, 3.63) is 0 Å². The fraction of sp³-hybridized carbons (Fsp3) is 0.929. The highest BCUT2D eigenvalue weighted by molar-refractivity contribution is 5.86. The van der Waals surface area contributed by atoms with Gasteiger partial charge in [0.1, 0.15) is 5.54 Å². The van der Waals surface area contributed by atoms with E-state index in [9.17, 15) is 4.79 Å². The molecule has 0 radical (unpaired) electrons. The number of carbonyl (C=O) groups excluding carboxylic acids is 1. The van der Waals surface area contributed by atoms with Gasteiger partial charge < -0.3 is 16.0 Å². The molecule has 2 aliphatic carbocycles. The molecule has 2 aliphatic rings. The van der Waals surface area contributed by atoms with E-state index in [0.717, 1.165) is 31.8 Å². The van der Waals surface area contributed by atoms with Gasteiger partial charge >= 0.3 is 0 Å². The van der Waals surface area contributed by atoms with Gasteiger partial charge in [0.25, 0.3) is 0 Å². The fourth-order valence-corrected chi connectivity index (χ4v) is 3.06. The summed E-state index contributed by atoms with van der Waals surface area (Å²) < 4.78 is 0. The fourth-order valence-electron chi connectivity index (χ4n) is 3.06. The average Bonchev–Trinajstić information content (AvgIpc) is 3.19. The van der Waals surface area contributed by atoms with Crippen LogP contribution < -0.4 is 11.1 Å². The summed E-state index contributed by atoms with van der Waals surface area (Å²) in [5.41, 5.74) is 5.20. The van der Waals surface area contributed by atoms with E-state index in [1.165, 1.54) is 12.8 Å². The van der Waals surface area contributed by atoms with E-state index in [1.807, 2.05) is 6.92 Å². The maximum Gasteiger partial charge on any atom is 0.239 e. The zero-order valence-corrected chi connectivity index (χ0v) is 11.9. The van der Waals surface area contributed by atoms with Gasteiger partial charge in [-0.1, -0.05) is 6.92 Å². The molecule has 18 heavy (non-hydrogen) atoms. The molecule has 2 rings (SSSR count). The Hall–Kier alpha value is -0.610. The van der Waals surface area contributed by atoms with Gasteiger partial charge in [-0.3, -0.25) is 4.79 Å². The SMILES string of the molecule is CCNC(CN(C)C(C)C1CC1)(C(N)=O)C1CC1. The van der Waals surface area contributed by atoms with Crippen LogP contribution in [0.3, 0.4) is 0 Å². The number of nitrogens with zero attached hydrogens (tertiary/aromatic N) is 1. The lowest BCUT2D eigenvalue weighted by Crippen LogP contribution is -2.63. The second kappa shape index (κ2) is 5.17. The van der Waals surface area contributed by atoms with Crippen LogP contribution in [0.2, 0.25) is 0 Å². The topological polar surface area (TPSA) is 58.4 Å². The summed E-state index contributed by atoms with van der Waals surface area (Å²) in [6.45, 7) is 5.86. The third-order valence-electron chi connectivity index (χ3n) is 4.70. The van der Waals surface area contributed by atoms with Crippen molar-refractivity contribution < 1.29 is 4.79 Å². The van der Waals surface area contributed by atoms with E-state index in [-0.39, 0.29) is 5.91 Å². The molecule has 0 bridgehead atoms. The first-order valence-electron chi connectivity index (χ1n) is 7.26. The molecule has 0 heterocycles. The Balaban J connectivity index is 2.05. The van der Waals surface area contributed by atoms with Gasteiger partial charge in [0.15, 0.2) is 0 Å². The highest BCUT2D eigenvalue weighted by atomic mass is 16.1. The summed E-state index contributed by atoms with van der Waals surface area (Å²) in [6.07, 6.45) is 4.92. The van der Waals surface area contributed by atoms with Crippen LogP contribution in [0.25, 0.3) is 0 Å². The van der Waals surface area contributed by atoms with Crippen LogP contribution in [0.4, 0.5) is 0 Å². The van der Waals surface area contributed by atoms with E-state index >= 15 is 0 Å². The van der Waals surface area contributed by atoms with Crippen molar-refractivity contribution in [1.82, 2.24) is 10.2 Å². The molecule has 0 aromatic rings. The Morgan fingerprint density at radius 2 is 2.06 bits per heavy atom. The number of rotatable bonds is 8. The highest BCUT2D eigenvalue weighted by Crippen LogP contribution is 2.41. The van der Waals surface area contributed by atoms with Crippen molar-refractivity contribution in [2.45, 2.75) is 51.1 Å². The lowest BCUT2D eigenvalue weighted by Gasteiger charge is -2.38. The number of likely N-dealkylation sites (N-methyl/N-ethyl adjacent to an activating group) is 2. The van der Waals surface area contributed by atoms with Gasteiger partial charge in [-0.2, -0.15) is 0 Å². The van der Waals surface area contributed by atoms with Gasteiger partial charge in [-0.25, -0.2) is 0 Å². The molecule has 2 atom stereocenters. The minimum atomic E-state index is -0.507. The van der Waals surface area contributed by atoms with Gasteiger partial charge in [0.2, 0.25) is 5.91 Å². The summed E-state index contributed by atoms with van der Waals surface area (Å²) in [5.74, 6) is 1.08. The molecule has 0 spiro atoms. The quantitative estimate of drug-likeness (QED) is 0.677. The van der Waals surface area contributed by atoms with Gasteiger partial charge in [0, 0.05) is 12.6 Å². The van der Waals surface area contributed by atoms with E-state index in [4.69, 9.17) is 5.73 Å². The Labute approximate surface area is 110 Å². The zero-order chi connectivity index (χ0) is 13.3. The van der Waals surface area contributed by atoms with Crippen molar-refractivity contribution in [3.63, 3.8) is 0 Å². The first-order chi connectivity index (χ1) is 8.51. The maximum absolute atomic E-state index is 12.0. The minimum absolute atomic E-state index is 0.179. The predicted octanol–water partition coefficient (Wildman–Crippen LogP) is 0.960. The molecule has 4 nitrogen and oxygen atoms in total. The largest absolute Gasteiger partial charge is 0.368 e. The first kappa shape index (κ1) is 13.8. The molecule has 2 fully saturated rings. The molecule has 0 aliphatic heterocycles. The van der Waals surface area contributed by atoms with Crippen molar-refractivity contribution in [2.75, 3.05) is 20.1 Å². The lowest BCUT2D eigenvalue weighted by atomic mass is 9.90. The molecule has 3 N–H and O–H groups in total. The van der Waals surface area contributed by atoms with Crippen LogP contribution in [0.5, 0.6) is 0 Å². The Morgan fingerprint density at radius 1 is 1.44 bits per heavy atom. The third-order valence-corrected chi connectivity index (χ3v) is 4.70. The predicted molar refractivity (Wildman–Crippen MR) is 73.1 cm³/mol. The molecule has 4 heteroatoms. The summed E-state index contributed by atoms with van der Waals surface area (Å²) >= 11 is 0. The monoisotopic (exact) mass is 253 g/mol. The molecule has 0 saturated heterocycles. The maximum atomic E-state index is 12.0. The molecule has 0 aromatic carbocycles. The minimum Gasteiger partial charge on any atom is -0.368 e. The van der Waals surface area contributed by atoms with Gasteiger partial charge in [0.05, 0.1) is 0 Å². The van der Waals surface area contributed by atoms with Crippen LogP contribution >= 0.6 is 0 Å². The number of amides is 1.